The first-order valence-electron chi connectivity index (χ1n) is 21.0. The van der Waals surface area contributed by atoms with Gasteiger partial charge in [-0.25, -0.2) is 4.79 Å². The highest BCUT2D eigenvalue weighted by Gasteiger charge is 2.31. The molecule has 0 aliphatic rings. The van der Waals surface area contributed by atoms with Gasteiger partial charge in [-0.1, -0.05) is 132 Å². The summed E-state index contributed by atoms with van der Waals surface area (Å²) in [5.41, 5.74) is 0. The number of rotatable bonds is 36. The van der Waals surface area contributed by atoms with Crippen LogP contribution in [-0.4, -0.2) is 80.6 Å². The number of hydrogen-bond acceptors (Lipinski definition) is 6. The van der Waals surface area contributed by atoms with E-state index in [0.717, 1.165) is 70.6 Å². The molecule has 308 valence electrons. The predicted octanol–water partition coefficient (Wildman–Crippen LogP) is 11.2. The molecular weight excluding hydrogens is 679 g/mol. The van der Waals surface area contributed by atoms with Crippen LogP contribution in [0.5, 0.6) is 0 Å². The van der Waals surface area contributed by atoms with Crippen molar-refractivity contribution in [3.8, 4) is 0 Å². The first kappa shape index (κ1) is 50.8. The van der Waals surface area contributed by atoms with E-state index in [9.17, 15) is 19.5 Å². The van der Waals surface area contributed by atoms with Gasteiger partial charge in [-0.15, -0.1) is 0 Å². The van der Waals surface area contributed by atoms with Crippen molar-refractivity contribution < 1.29 is 38.2 Å². The molecule has 54 heavy (non-hydrogen) atoms. The van der Waals surface area contributed by atoms with Crippen molar-refractivity contribution >= 4 is 17.9 Å². The maximum absolute atomic E-state index is 12.6. The van der Waals surface area contributed by atoms with Gasteiger partial charge in [-0.3, -0.25) is 9.59 Å². The quantitative estimate of drug-likeness (QED) is 0.0294. The molecular formula is C46H78NO7+. The number of unbranched alkanes of at least 4 members (excludes halogenated alkanes) is 10. The zero-order chi connectivity index (χ0) is 40.0. The summed E-state index contributed by atoms with van der Waals surface area (Å²) < 4.78 is 17.2. The number of allylic oxidation sites excluding steroid dienone is 12. The topological polar surface area (TPSA) is 99.1 Å². The molecule has 0 radical (unpaired) electrons. The molecule has 2 unspecified atom stereocenters. The number of nitrogens with zero attached hydrogens (tertiary/aromatic N) is 1. The Morgan fingerprint density at radius 2 is 1.00 bits per heavy atom. The molecule has 0 heterocycles. The van der Waals surface area contributed by atoms with E-state index in [1.54, 1.807) is 0 Å². The number of likely N-dealkylation sites (N-methyl/N-ethyl adjacent to an activating group) is 1. The van der Waals surface area contributed by atoms with E-state index in [1.165, 1.54) is 38.5 Å². The van der Waals surface area contributed by atoms with Crippen molar-refractivity contribution in [1.82, 2.24) is 0 Å². The number of hydrogen-bond donors (Lipinski definition) is 1. The maximum Gasteiger partial charge on any atom is 0.362 e. The Morgan fingerprint density at radius 1 is 0.556 bits per heavy atom. The van der Waals surface area contributed by atoms with E-state index in [0.29, 0.717) is 19.3 Å². The van der Waals surface area contributed by atoms with E-state index < -0.39 is 18.1 Å². The van der Waals surface area contributed by atoms with Gasteiger partial charge in [-0.2, -0.15) is 0 Å². The van der Waals surface area contributed by atoms with Gasteiger partial charge in [0.05, 0.1) is 34.4 Å². The lowest BCUT2D eigenvalue weighted by Gasteiger charge is -2.31. The van der Waals surface area contributed by atoms with Crippen molar-refractivity contribution in [1.29, 1.82) is 0 Å². The number of quaternary nitrogens is 1. The molecule has 8 nitrogen and oxygen atoms in total. The third-order valence-electron chi connectivity index (χ3n) is 8.85. The zero-order valence-electron chi connectivity index (χ0n) is 34.9. The monoisotopic (exact) mass is 757 g/mol. The van der Waals surface area contributed by atoms with Gasteiger partial charge < -0.3 is 23.8 Å². The smallest absolute Gasteiger partial charge is 0.362 e. The van der Waals surface area contributed by atoms with Crippen molar-refractivity contribution in [2.24, 2.45) is 0 Å². The predicted molar refractivity (Wildman–Crippen MR) is 224 cm³/mol. The van der Waals surface area contributed by atoms with Crippen LogP contribution >= 0.6 is 0 Å². The van der Waals surface area contributed by atoms with E-state index in [1.807, 2.05) is 21.1 Å². The van der Waals surface area contributed by atoms with E-state index in [4.69, 9.17) is 14.2 Å². The van der Waals surface area contributed by atoms with Crippen molar-refractivity contribution in [2.45, 2.75) is 161 Å². The van der Waals surface area contributed by atoms with Crippen molar-refractivity contribution in [3.05, 3.63) is 72.9 Å². The fourth-order valence-corrected chi connectivity index (χ4v) is 5.66. The first-order valence-corrected chi connectivity index (χ1v) is 21.0. The second-order valence-electron chi connectivity index (χ2n) is 14.8. The summed E-state index contributed by atoms with van der Waals surface area (Å²) in [5.74, 6) is -1.55. The summed E-state index contributed by atoms with van der Waals surface area (Å²) >= 11 is 0. The number of carboxylic acids is 1. The second-order valence-corrected chi connectivity index (χ2v) is 14.8. The number of carbonyl (C=O) groups is 3. The van der Waals surface area contributed by atoms with E-state index in [-0.39, 0.29) is 42.7 Å². The normalized spacial score (nSPS) is 13.7. The number of carboxylic acid groups (broad SMARTS) is 1. The van der Waals surface area contributed by atoms with Crippen LogP contribution in [0.2, 0.25) is 0 Å². The Hall–Kier alpha value is -3.23. The molecule has 0 bridgehead atoms. The molecule has 0 aliphatic heterocycles. The lowest BCUT2D eigenvalue weighted by atomic mass is 10.1. The Labute approximate surface area is 330 Å². The number of carbonyl (C=O) groups excluding carboxylic acids is 2. The molecule has 0 spiro atoms. The summed E-state index contributed by atoms with van der Waals surface area (Å²) in [5, 5.41) is 9.60. The fraction of sp³-hybridized carbons (Fsp3) is 0.674. The molecule has 0 saturated carbocycles. The lowest BCUT2D eigenvalue weighted by Crippen LogP contribution is -2.50. The summed E-state index contributed by atoms with van der Waals surface area (Å²) in [6.07, 6.45) is 45.3. The van der Waals surface area contributed by atoms with Crippen LogP contribution in [0.15, 0.2) is 72.9 Å². The first-order chi connectivity index (χ1) is 26.1. The second kappa shape index (κ2) is 36.7. The Kier molecular flexibility index (Phi) is 34.5. The molecule has 0 amide bonds. The largest absolute Gasteiger partial charge is 0.477 e. The molecule has 0 aromatic rings. The van der Waals surface area contributed by atoms with Crippen LogP contribution in [0.25, 0.3) is 0 Å². The average Bonchev–Trinajstić information content (AvgIpc) is 3.12. The van der Waals surface area contributed by atoms with Gasteiger partial charge in [0.2, 0.25) is 0 Å². The summed E-state index contributed by atoms with van der Waals surface area (Å²) in [6, 6.07) is -0.626. The number of aliphatic carboxylic acids is 1. The van der Waals surface area contributed by atoms with Crippen molar-refractivity contribution in [2.75, 3.05) is 41.0 Å². The molecule has 1 N–H and O–H groups in total. The minimum absolute atomic E-state index is 0.0356. The molecule has 0 aliphatic carbocycles. The Balaban J connectivity index is 4.36. The van der Waals surface area contributed by atoms with Crippen LogP contribution in [-0.2, 0) is 28.6 Å². The number of ether oxygens (including phenoxy) is 3. The van der Waals surface area contributed by atoms with Gasteiger partial charge in [0.25, 0.3) is 0 Å². The minimum atomic E-state index is -0.887. The fourth-order valence-electron chi connectivity index (χ4n) is 5.66. The molecule has 0 fully saturated rings. The van der Waals surface area contributed by atoms with Gasteiger partial charge in [0, 0.05) is 19.3 Å². The summed E-state index contributed by atoms with van der Waals surface area (Å²) in [7, 11) is 5.49. The Morgan fingerprint density at radius 3 is 1.50 bits per heavy atom. The van der Waals surface area contributed by atoms with Gasteiger partial charge in [0.15, 0.2) is 12.1 Å². The molecule has 0 aromatic heterocycles. The van der Waals surface area contributed by atoms with E-state index >= 15 is 0 Å². The summed E-state index contributed by atoms with van der Waals surface area (Å²) in [6.45, 7) is 4.42. The standard InChI is InChI=1S/C46H77NO7/c1-6-8-10-12-14-16-18-19-20-21-22-23-24-25-27-28-30-32-34-36-44(48)53-41-42(40-52-39-38-43(46(50)51)47(3,4)5)54-45(49)37-35-33-31-29-26-17-15-13-11-9-7-2/h8-11,14-17,19-20,29,31,42-43H,6-7,12-13,18,21-28,30,32-41H2,1-5H3/p+1/b10-8+,11-9+,16-14+,17-15+,20-19+,31-29+. The average molecular weight is 757 g/mol. The third kappa shape index (κ3) is 34.5. The number of esters is 2. The maximum atomic E-state index is 12.6. The van der Waals surface area contributed by atoms with Crippen LogP contribution in [0.4, 0.5) is 0 Å². The SMILES string of the molecule is CC/C=C/C/C=C/C/C=C/CCCCCCCCCCCC(=O)OCC(COCCC(C(=O)O)[N+](C)(C)C)OC(=O)CCC/C=C/C/C=C/C/C=C/CC. The molecule has 0 saturated heterocycles. The molecule has 0 rings (SSSR count). The van der Waals surface area contributed by atoms with Crippen LogP contribution in [0.3, 0.4) is 0 Å². The lowest BCUT2D eigenvalue weighted by molar-refractivity contribution is -0.887. The molecule has 8 heteroatoms. The van der Waals surface area contributed by atoms with Gasteiger partial charge in [0.1, 0.15) is 6.61 Å². The third-order valence-corrected chi connectivity index (χ3v) is 8.85. The highest BCUT2D eigenvalue weighted by atomic mass is 16.6. The summed E-state index contributed by atoms with van der Waals surface area (Å²) in [4.78, 5) is 36.8. The Bertz CT molecular complexity index is 1110. The van der Waals surface area contributed by atoms with Crippen molar-refractivity contribution in [3.63, 3.8) is 0 Å². The van der Waals surface area contributed by atoms with Crippen LogP contribution < -0.4 is 0 Å². The van der Waals surface area contributed by atoms with Gasteiger partial charge >= 0.3 is 17.9 Å². The molecule has 0 aromatic carbocycles. The van der Waals surface area contributed by atoms with Crippen LogP contribution in [0, 0.1) is 0 Å². The zero-order valence-corrected chi connectivity index (χ0v) is 34.9. The van der Waals surface area contributed by atoms with Crippen LogP contribution in [0.1, 0.15) is 149 Å². The highest BCUT2D eigenvalue weighted by molar-refractivity contribution is 5.72. The van der Waals surface area contributed by atoms with E-state index in [2.05, 4.69) is 86.8 Å². The van der Waals surface area contributed by atoms with Gasteiger partial charge in [-0.05, 0) is 70.6 Å². The highest BCUT2D eigenvalue weighted by Crippen LogP contribution is 2.13. The molecule has 2 atom stereocenters. The minimum Gasteiger partial charge on any atom is -0.477 e.